The molecule has 1 aliphatic carbocycles. The maximum atomic E-state index is 12.5. The fourth-order valence-electron chi connectivity index (χ4n) is 4.49. The Morgan fingerprint density at radius 2 is 1.72 bits per heavy atom. The maximum absolute atomic E-state index is 12.5. The van der Waals surface area contributed by atoms with E-state index in [1.54, 1.807) is 54.6 Å². The van der Waals surface area contributed by atoms with Gasteiger partial charge in [0, 0.05) is 30.3 Å². The summed E-state index contributed by atoms with van der Waals surface area (Å²) in [5.41, 5.74) is 1.15. The molecule has 1 amide bonds. The zero-order chi connectivity index (χ0) is 22.1. The number of aromatic nitrogens is 2. The van der Waals surface area contributed by atoms with Crippen molar-refractivity contribution in [1.82, 2.24) is 15.0 Å². The van der Waals surface area contributed by atoms with E-state index in [0.29, 0.717) is 42.0 Å². The Hall–Kier alpha value is -3.20. The van der Waals surface area contributed by atoms with Crippen LogP contribution in [-0.2, 0) is 14.8 Å². The summed E-state index contributed by atoms with van der Waals surface area (Å²) in [5.74, 6) is 0.977. The number of hydrogen-bond donors (Lipinski definition) is 1. The van der Waals surface area contributed by atoms with E-state index in [-0.39, 0.29) is 16.7 Å². The molecule has 0 spiro atoms. The second kappa shape index (κ2) is 8.38. The van der Waals surface area contributed by atoms with Crippen molar-refractivity contribution in [3.05, 3.63) is 60.5 Å². The molecule has 2 fully saturated rings. The second-order valence-corrected chi connectivity index (χ2v) is 10.0. The van der Waals surface area contributed by atoms with Crippen molar-refractivity contribution in [3.63, 3.8) is 0 Å². The lowest BCUT2D eigenvalue weighted by atomic mass is 10.1. The van der Waals surface area contributed by atoms with Gasteiger partial charge in [-0.05, 0) is 49.2 Å². The third kappa shape index (κ3) is 4.12. The molecular weight excluding hydrogens is 428 g/mol. The molecule has 1 saturated heterocycles. The molecule has 166 valence electrons. The molecular formula is C23H24N4O4S. The molecule has 1 aromatic heterocycles. The van der Waals surface area contributed by atoms with E-state index in [0.717, 1.165) is 12.8 Å². The SMILES string of the molecule is O=C1C[C@H](c2nc(-c3ccc(NS(=O)(=O)c4ccccc4)cc3)no2)CN1C1CCCC1. The number of hydrogen-bond acceptors (Lipinski definition) is 6. The Morgan fingerprint density at radius 3 is 2.44 bits per heavy atom. The van der Waals surface area contributed by atoms with Gasteiger partial charge in [0.25, 0.3) is 10.0 Å². The highest BCUT2D eigenvalue weighted by Crippen LogP contribution is 2.34. The van der Waals surface area contributed by atoms with Crippen LogP contribution >= 0.6 is 0 Å². The van der Waals surface area contributed by atoms with E-state index < -0.39 is 10.0 Å². The zero-order valence-electron chi connectivity index (χ0n) is 17.5. The average Bonchev–Trinajstić information content (AvgIpc) is 3.55. The van der Waals surface area contributed by atoms with E-state index in [4.69, 9.17) is 4.52 Å². The minimum atomic E-state index is -3.65. The Balaban J connectivity index is 1.27. The lowest BCUT2D eigenvalue weighted by Crippen LogP contribution is -2.34. The van der Waals surface area contributed by atoms with Crippen molar-refractivity contribution in [2.24, 2.45) is 0 Å². The van der Waals surface area contributed by atoms with E-state index in [1.807, 2.05) is 4.90 Å². The maximum Gasteiger partial charge on any atom is 0.261 e. The number of nitrogens with zero attached hydrogens (tertiary/aromatic N) is 3. The standard InChI is InChI=1S/C23H24N4O4S/c28-21-14-17(15-27(21)19-6-4-5-7-19)23-24-22(25-31-23)16-10-12-18(13-11-16)26-32(29,30)20-8-2-1-3-9-20/h1-3,8-13,17,19,26H,4-7,14-15H2/t17-/m0/s1. The number of nitrogens with one attached hydrogen (secondary N) is 1. The van der Waals surface area contributed by atoms with Crippen LogP contribution in [0, 0.1) is 0 Å². The van der Waals surface area contributed by atoms with Crippen molar-refractivity contribution >= 4 is 21.6 Å². The summed E-state index contributed by atoms with van der Waals surface area (Å²) < 4.78 is 33.0. The molecule has 2 aromatic carbocycles. The van der Waals surface area contributed by atoms with E-state index in [9.17, 15) is 13.2 Å². The summed E-state index contributed by atoms with van der Waals surface area (Å²) in [5, 5.41) is 4.08. The second-order valence-electron chi connectivity index (χ2n) is 8.34. The van der Waals surface area contributed by atoms with Crippen LogP contribution in [0.15, 0.2) is 64.0 Å². The number of carbonyl (C=O) groups excluding carboxylic acids is 1. The molecule has 1 N–H and O–H groups in total. The number of rotatable bonds is 6. The lowest BCUT2D eigenvalue weighted by Gasteiger charge is -2.23. The average molecular weight is 453 g/mol. The summed E-state index contributed by atoms with van der Waals surface area (Å²) >= 11 is 0. The topological polar surface area (TPSA) is 105 Å². The Kier molecular flexibility index (Phi) is 5.42. The van der Waals surface area contributed by atoms with Gasteiger partial charge in [0.2, 0.25) is 17.6 Å². The van der Waals surface area contributed by atoms with E-state index >= 15 is 0 Å². The van der Waals surface area contributed by atoms with Gasteiger partial charge >= 0.3 is 0 Å². The summed E-state index contributed by atoms with van der Waals surface area (Å²) in [6.07, 6.45) is 4.92. The van der Waals surface area contributed by atoms with Gasteiger partial charge in [0.15, 0.2) is 0 Å². The van der Waals surface area contributed by atoms with Crippen LogP contribution in [0.1, 0.15) is 43.9 Å². The first kappa shape index (κ1) is 20.7. The van der Waals surface area contributed by atoms with Gasteiger partial charge < -0.3 is 9.42 Å². The predicted octanol–water partition coefficient (Wildman–Crippen LogP) is 3.80. The van der Waals surface area contributed by atoms with E-state index in [1.165, 1.54) is 12.8 Å². The predicted molar refractivity (Wildman–Crippen MR) is 118 cm³/mol. The first-order valence-corrected chi connectivity index (χ1v) is 12.3. The van der Waals surface area contributed by atoms with Gasteiger partial charge in [0.1, 0.15) is 0 Å². The molecule has 2 heterocycles. The molecule has 0 unspecified atom stereocenters. The Bertz CT molecular complexity index is 1200. The molecule has 1 aliphatic heterocycles. The number of likely N-dealkylation sites (tertiary alicyclic amines) is 1. The van der Waals surface area contributed by atoms with Gasteiger partial charge in [-0.1, -0.05) is 36.2 Å². The fraction of sp³-hybridized carbons (Fsp3) is 0.348. The summed E-state index contributed by atoms with van der Waals surface area (Å²) in [7, 11) is -3.65. The number of benzene rings is 2. The van der Waals surface area contributed by atoms with Crippen LogP contribution in [0.2, 0.25) is 0 Å². The smallest absolute Gasteiger partial charge is 0.261 e. The minimum absolute atomic E-state index is 0.0821. The molecule has 2 aliphatic rings. The van der Waals surface area contributed by atoms with E-state index in [2.05, 4.69) is 14.9 Å². The Morgan fingerprint density at radius 1 is 1.00 bits per heavy atom. The van der Waals surface area contributed by atoms with Gasteiger partial charge in [0.05, 0.1) is 10.8 Å². The quantitative estimate of drug-likeness (QED) is 0.610. The van der Waals surface area contributed by atoms with Crippen LogP contribution in [0.4, 0.5) is 5.69 Å². The summed E-state index contributed by atoms with van der Waals surface area (Å²) in [6.45, 7) is 0.630. The number of sulfonamides is 1. The molecule has 1 saturated carbocycles. The van der Waals surface area contributed by atoms with Crippen LogP contribution in [0.5, 0.6) is 0 Å². The van der Waals surface area contributed by atoms with Crippen molar-refractivity contribution in [1.29, 1.82) is 0 Å². The van der Waals surface area contributed by atoms with Crippen LogP contribution in [0.25, 0.3) is 11.4 Å². The molecule has 32 heavy (non-hydrogen) atoms. The first-order valence-electron chi connectivity index (χ1n) is 10.8. The highest BCUT2D eigenvalue weighted by molar-refractivity contribution is 7.92. The number of amides is 1. The lowest BCUT2D eigenvalue weighted by molar-refractivity contribution is -0.129. The third-order valence-corrected chi connectivity index (χ3v) is 7.56. The van der Waals surface area contributed by atoms with Gasteiger partial charge in [-0.2, -0.15) is 4.98 Å². The normalized spacial score (nSPS) is 19.6. The number of carbonyl (C=O) groups is 1. The summed E-state index contributed by atoms with van der Waals surface area (Å²) in [6, 6.07) is 15.3. The fourth-order valence-corrected chi connectivity index (χ4v) is 5.56. The van der Waals surface area contributed by atoms with Crippen LogP contribution < -0.4 is 4.72 Å². The van der Waals surface area contributed by atoms with Crippen LogP contribution in [-0.4, -0.2) is 42.0 Å². The van der Waals surface area contributed by atoms with Gasteiger partial charge in [-0.25, -0.2) is 8.42 Å². The van der Waals surface area contributed by atoms with Crippen molar-refractivity contribution in [3.8, 4) is 11.4 Å². The first-order chi connectivity index (χ1) is 15.5. The highest BCUT2D eigenvalue weighted by Gasteiger charge is 2.38. The van der Waals surface area contributed by atoms with Crippen LogP contribution in [0.3, 0.4) is 0 Å². The molecule has 0 radical (unpaired) electrons. The molecule has 5 rings (SSSR count). The summed E-state index contributed by atoms with van der Waals surface area (Å²) in [4.78, 5) is 19.2. The molecule has 3 aromatic rings. The molecule has 8 nitrogen and oxygen atoms in total. The van der Waals surface area contributed by atoms with Crippen molar-refractivity contribution in [2.45, 2.75) is 49.0 Å². The minimum Gasteiger partial charge on any atom is -0.339 e. The van der Waals surface area contributed by atoms with Crippen molar-refractivity contribution in [2.75, 3.05) is 11.3 Å². The van der Waals surface area contributed by atoms with Gasteiger partial charge in [-0.3, -0.25) is 9.52 Å². The molecule has 1 atom stereocenters. The monoisotopic (exact) mass is 452 g/mol. The Labute approximate surface area is 186 Å². The largest absolute Gasteiger partial charge is 0.339 e. The molecule has 9 heteroatoms. The van der Waals surface area contributed by atoms with Gasteiger partial charge in [-0.15, -0.1) is 0 Å². The zero-order valence-corrected chi connectivity index (χ0v) is 18.3. The highest BCUT2D eigenvalue weighted by atomic mass is 32.2. The van der Waals surface area contributed by atoms with Crippen molar-refractivity contribution < 1.29 is 17.7 Å². The third-order valence-electron chi connectivity index (χ3n) is 6.16. The number of anilines is 1. The molecule has 0 bridgehead atoms.